The molecule has 15 heavy (non-hydrogen) atoms. The molecule has 0 bridgehead atoms. The normalized spacial score (nSPS) is 29.9. The van der Waals surface area contributed by atoms with E-state index >= 15 is 0 Å². The lowest BCUT2D eigenvalue weighted by Crippen LogP contribution is -2.38. The van der Waals surface area contributed by atoms with Crippen molar-refractivity contribution >= 4 is 0 Å². The van der Waals surface area contributed by atoms with Gasteiger partial charge in [0.1, 0.15) is 0 Å². The number of hydrogen-bond acceptors (Lipinski definition) is 1. The molecule has 1 aliphatic rings. The molecular weight excluding hydrogens is 184 g/mol. The van der Waals surface area contributed by atoms with E-state index in [4.69, 9.17) is 0 Å². The van der Waals surface area contributed by atoms with Crippen molar-refractivity contribution in [2.45, 2.75) is 38.5 Å². The highest BCUT2D eigenvalue weighted by Crippen LogP contribution is 2.43. The van der Waals surface area contributed by atoms with Gasteiger partial charge < -0.3 is 5.11 Å². The molecule has 1 aromatic carbocycles. The third-order valence-corrected chi connectivity index (χ3v) is 4.25. The zero-order chi connectivity index (χ0) is 10.9. The van der Waals surface area contributed by atoms with Gasteiger partial charge in [0.05, 0.1) is 0 Å². The van der Waals surface area contributed by atoms with Crippen molar-refractivity contribution in [2.75, 3.05) is 6.61 Å². The van der Waals surface area contributed by atoms with Crippen molar-refractivity contribution in [1.82, 2.24) is 0 Å². The fourth-order valence-electron chi connectivity index (χ4n) is 2.94. The minimum Gasteiger partial charge on any atom is -0.396 e. The second kappa shape index (κ2) is 3.97. The molecule has 0 saturated carbocycles. The molecule has 1 aromatic rings. The van der Waals surface area contributed by atoms with Crippen LogP contribution in [0.4, 0.5) is 0 Å². The van der Waals surface area contributed by atoms with Crippen molar-refractivity contribution in [3.05, 3.63) is 35.4 Å². The number of fused-ring (bicyclic) bond motifs is 1. The maximum atomic E-state index is 9.48. The lowest BCUT2D eigenvalue weighted by Gasteiger charge is -2.42. The minimum atomic E-state index is 0.170. The molecule has 0 heterocycles. The fourth-order valence-corrected chi connectivity index (χ4v) is 2.94. The quantitative estimate of drug-likeness (QED) is 0.785. The molecule has 1 N–H and O–H groups in total. The molecular formula is C14H20O. The predicted octanol–water partition coefficient (Wildman–Crippen LogP) is 2.91. The van der Waals surface area contributed by atoms with E-state index in [2.05, 4.69) is 38.1 Å². The Balaban J connectivity index is 2.48. The molecule has 0 spiro atoms. The van der Waals surface area contributed by atoms with Gasteiger partial charge >= 0.3 is 0 Å². The van der Waals surface area contributed by atoms with Crippen molar-refractivity contribution in [3.63, 3.8) is 0 Å². The Morgan fingerprint density at radius 3 is 2.80 bits per heavy atom. The zero-order valence-corrected chi connectivity index (χ0v) is 9.66. The van der Waals surface area contributed by atoms with Crippen molar-refractivity contribution in [3.8, 4) is 0 Å². The summed E-state index contributed by atoms with van der Waals surface area (Å²) in [6.45, 7) is 4.84. The monoisotopic (exact) mass is 204 g/mol. The summed E-state index contributed by atoms with van der Waals surface area (Å²) in [5, 5.41) is 9.48. The van der Waals surface area contributed by atoms with Crippen LogP contribution >= 0.6 is 0 Å². The summed E-state index contributed by atoms with van der Waals surface area (Å²) in [6.07, 6.45) is 3.35. The summed E-state index contributed by atoms with van der Waals surface area (Å²) in [5.41, 5.74) is 3.10. The third-order valence-electron chi connectivity index (χ3n) is 4.25. The first-order valence-electron chi connectivity index (χ1n) is 5.91. The molecule has 2 unspecified atom stereocenters. The molecule has 0 saturated heterocycles. The SMILES string of the molecule is CCC1(C)c2ccccc2CCC1CO. The molecule has 1 heteroatoms. The Morgan fingerprint density at radius 1 is 1.40 bits per heavy atom. The summed E-state index contributed by atoms with van der Waals surface area (Å²) in [4.78, 5) is 0. The van der Waals surface area contributed by atoms with Crippen molar-refractivity contribution in [2.24, 2.45) is 5.92 Å². The first-order chi connectivity index (χ1) is 7.22. The number of hydrogen-bond donors (Lipinski definition) is 1. The van der Waals surface area contributed by atoms with Gasteiger partial charge in [-0.15, -0.1) is 0 Å². The van der Waals surface area contributed by atoms with Gasteiger partial charge in [-0.05, 0) is 41.7 Å². The van der Waals surface area contributed by atoms with Gasteiger partial charge in [0.15, 0.2) is 0 Å². The average molecular weight is 204 g/mol. The molecule has 0 fully saturated rings. The Labute approximate surface area is 92.1 Å². The van der Waals surface area contributed by atoms with Crippen molar-refractivity contribution in [1.29, 1.82) is 0 Å². The highest BCUT2D eigenvalue weighted by atomic mass is 16.3. The van der Waals surface area contributed by atoms with E-state index in [-0.39, 0.29) is 5.41 Å². The number of benzene rings is 1. The molecule has 0 aromatic heterocycles. The average Bonchev–Trinajstić information content (AvgIpc) is 2.30. The zero-order valence-electron chi connectivity index (χ0n) is 9.66. The van der Waals surface area contributed by atoms with Crippen LogP contribution in [0.3, 0.4) is 0 Å². The summed E-state index contributed by atoms with van der Waals surface area (Å²) in [7, 11) is 0. The highest BCUT2D eigenvalue weighted by molar-refractivity contribution is 5.37. The van der Waals surface area contributed by atoms with E-state index in [0.717, 1.165) is 19.3 Å². The van der Waals surface area contributed by atoms with Crippen LogP contribution in [0.25, 0.3) is 0 Å². The lowest BCUT2D eigenvalue weighted by molar-refractivity contribution is 0.137. The number of aryl methyl sites for hydroxylation is 1. The Bertz CT molecular complexity index is 345. The van der Waals surface area contributed by atoms with Crippen LogP contribution in [0.1, 0.15) is 37.8 Å². The topological polar surface area (TPSA) is 20.2 Å². The molecule has 2 atom stereocenters. The smallest absolute Gasteiger partial charge is 0.0467 e. The molecule has 1 nitrogen and oxygen atoms in total. The van der Waals surface area contributed by atoms with Crippen LogP contribution in [0.15, 0.2) is 24.3 Å². The van der Waals surface area contributed by atoms with Gasteiger partial charge in [0.2, 0.25) is 0 Å². The third kappa shape index (κ3) is 1.59. The van der Waals surface area contributed by atoms with E-state index in [1.807, 2.05) is 0 Å². The number of aliphatic hydroxyl groups is 1. The summed E-state index contributed by atoms with van der Waals surface area (Å²) < 4.78 is 0. The molecule has 0 amide bonds. The molecule has 0 aliphatic heterocycles. The molecule has 1 aliphatic carbocycles. The first kappa shape index (κ1) is 10.7. The van der Waals surface area contributed by atoms with E-state index in [9.17, 15) is 5.11 Å². The second-order valence-electron chi connectivity index (χ2n) is 4.85. The van der Waals surface area contributed by atoms with Gasteiger partial charge in [-0.25, -0.2) is 0 Å². The minimum absolute atomic E-state index is 0.170. The highest BCUT2D eigenvalue weighted by Gasteiger charge is 2.38. The van der Waals surface area contributed by atoms with Crippen LogP contribution < -0.4 is 0 Å². The van der Waals surface area contributed by atoms with Crippen LogP contribution in [-0.4, -0.2) is 11.7 Å². The van der Waals surface area contributed by atoms with Gasteiger partial charge in [-0.2, -0.15) is 0 Å². The van der Waals surface area contributed by atoms with Gasteiger partial charge in [0, 0.05) is 6.61 Å². The Kier molecular flexibility index (Phi) is 2.83. The number of rotatable bonds is 2. The van der Waals surface area contributed by atoms with Crippen LogP contribution in [0.2, 0.25) is 0 Å². The van der Waals surface area contributed by atoms with Gasteiger partial charge in [0.25, 0.3) is 0 Å². The van der Waals surface area contributed by atoms with E-state index in [0.29, 0.717) is 12.5 Å². The summed E-state index contributed by atoms with van der Waals surface area (Å²) in [5.74, 6) is 0.428. The standard InChI is InChI=1S/C14H20O/c1-3-14(2)12(10-15)9-8-11-6-4-5-7-13(11)14/h4-7,12,15H,3,8-10H2,1-2H3. The van der Waals surface area contributed by atoms with Crippen LogP contribution in [0, 0.1) is 5.92 Å². The van der Waals surface area contributed by atoms with Gasteiger partial charge in [-0.1, -0.05) is 38.1 Å². The van der Waals surface area contributed by atoms with Crippen LogP contribution in [-0.2, 0) is 11.8 Å². The molecule has 2 rings (SSSR count). The predicted molar refractivity (Wildman–Crippen MR) is 63.0 cm³/mol. The van der Waals surface area contributed by atoms with Gasteiger partial charge in [-0.3, -0.25) is 0 Å². The Hall–Kier alpha value is -0.820. The second-order valence-corrected chi connectivity index (χ2v) is 4.85. The molecule has 0 radical (unpaired) electrons. The summed E-state index contributed by atoms with van der Waals surface area (Å²) in [6, 6.07) is 8.71. The van der Waals surface area contributed by atoms with Crippen LogP contribution in [0.5, 0.6) is 0 Å². The maximum Gasteiger partial charge on any atom is 0.0467 e. The molecule has 82 valence electrons. The van der Waals surface area contributed by atoms with E-state index in [1.165, 1.54) is 11.1 Å². The first-order valence-corrected chi connectivity index (χ1v) is 5.91. The largest absolute Gasteiger partial charge is 0.396 e. The summed E-state index contributed by atoms with van der Waals surface area (Å²) >= 11 is 0. The maximum absolute atomic E-state index is 9.48. The van der Waals surface area contributed by atoms with E-state index in [1.54, 1.807) is 0 Å². The Morgan fingerprint density at radius 2 is 2.13 bits per heavy atom. The fraction of sp³-hybridized carbons (Fsp3) is 0.571. The van der Waals surface area contributed by atoms with Crippen molar-refractivity contribution < 1.29 is 5.11 Å². The van der Waals surface area contributed by atoms with E-state index < -0.39 is 0 Å². The number of aliphatic hydroxyl groups excluding tert-OH is 1. The lowest BCUT2D eigenvalue weighted by atomic mass is 9.63.